The van der Waals surface area contributed by atoms with Crippen LogP contribution in [-0.4, -0.2) is 98.3 Å². The second-order valence-corrected chi connectivity index (χ2v) is 13.8. The molecule has 6 atom stereocenters. The molecular weight excluding hydrogens is 683 g/mol. The predicted octanol–water partition coefficient (Wildman–Crippen LogP) is 5.04. The molecule has 292 valence electrons. The van der Waals surface area contributed by atoms with Crippen LogP contribution in [-0.2, 0) is 32.7 Å². The second-order valence-electron chi connectivity index (χ2n) is 12.3. The summed E-state index contributed by atoms with van der Waals surface area (Å²) in [7, 11) is -5.12. The zero-order valence-corrected chi connectivity index (χ0v) is 31.0. The lowest BCUT2D eigenvalue weighted by Crippen LogP contribution is -2.64. The number of hydrogen-bond donors (Lipinski definition) is 6. The fourth-order valence-corrected chi connectivity index (χ4v) is 5.88. The number of ether oxygens (including phenoxy) is 2. The normalized spacial score (nSPS) is 24.6. The molecule has 14 heteroatoms. The SMILES string of the molecule is CC/C=C\C/C=C\C/C=C\C/C=C\C/C=C\CCCC(=O)OC(COC(=O)CCCCCCC)COP(=O)(O)OC1C(O)C(O)C(O)C(O)C1O. The minimum Gasteiger partial charge on any atom is -0.462 e. The van der Waals surface area contributed by atoms with Gasteiger partial charge in [0.2, 0.25) is 0 Å². The third-order valence-corrected chi connectivity index (χ3v) is 8.86. The molecule has 0 amide bonds. The van der Waals surface area contributed by atoms with Crippen LogP contribution < -0.4 is 0 Å². The highest BCUT2D eigenvalue weighted by Gasteiger charge is 2.51. The number of allylic oxidation sites excluding steroid dienone is 10. The summed E-state index contributed by atoms with van der Waals surface area (Å²) in [6.07, 6.45) is 18.0. The van der Waals surface area contributed by atoms with Crippen molar-refractivity contribution in [1.29, 1.82) is 0 Å². The first-order chi connectivity index (χ1) is 24.4. The van der Waals surface area contributed by atoms with Crippen LogP contribution in [0.15, 0.2) is 60.8 Å². The number of rotatable bonds is 27. The number of carbonyl (C=O) groups is 2. The third kappa shape index (κ3) is 21.6. The van der Waals surface area contributed by atoms with E-state index in [-0.39, 0.29) is 12.8 Å². The van der Waals surface area contributed by atoms with Crippen LogP contribution in [0.1, 0.15) is 104 Å². The fourth-order valence-electron chi connectivity index (χ4n) is 4.91. The average molecular weight is 745 g/mol. The maximum Gasteiger partial charge on any atom is 0.472 e. The molecule has 1 fully saturated rings. The van der Waals surface area contributed by atoms with Gasteiger partial charge in [0.15, 0.2) is 6.10 Å². The molecule has 0 spiro atoms. The van der Waals surface area contributed by atoms with Crippen LogP contribution in [0.5, 0.6) is 0 Å². The van der Waals surface area contributed by atoms with Crippen molar-refractivity contribution in [2.75, 3.05) is 13.2 Å². The zero-order chi connectivity index (χ0) is 37.9. The van der Waals surface area contributed by atoms with Crippen molar-refractivity contribution < 1.29 is 63.1 Å². The number of esters is 2. The number of phosphoric ester groups is 1. The number of unbranched alkanes of at least 4 members (excludes halogenated alkanes) is 5. The minimum atomic E-state index is -5.12. The molecule has 13 nitrogen and oxygen atoms in total. The molecule has 0 aromatic rings. The molecule has 0 aliphatic heterocycles. The molecule has 6 unspecified atom stereocenters. The third-order valence-electron chi connectivity index (χ3n) is 7.87. The molecule has 0 saturated heterocycles. The Kier molecular flexibility index (Phi) is 25.7. The molecule has 51 heavy (non-hydrogen) atoms. The van der Waals surface area contributed by atoms with Crippen molar-refractivity contribution in [2.24, 2.45) is 0 Å². The first kappa shape index (κ1) is 46.6. The summed E-state index contributed by atoms with van der Waals surface area (Å²) >= 11 is 0. The predicted molar refractivity (Wildman–Crippen MR) is 193 cm³/mol. The molecule has 0 radical (unpaired) electrons. The Morgan fingerprint density at radius 1 is 0.627 bits per heavy atom. The highest BCUT2D eigenvalue weighted by Crippen LogP contribution is 2.47. The molecule has 1 aliphatic carbocycles. The highest BCUT2D eigenvalue weighted by molar-refractivity contribution is 7.47. The first-order valence-corrected chi connectivity index (χ1v) is 19.6. The van der Waals surface area contributed by atoms with Gasteiger partial charge in [-0.05, 0) is 51.4 Å². The Morgan fingerprint density at radius 2 is 1.12 bits per heavy atom. The monoisotopic (exact) mass is 744 g/mol. The first-order valence-electron chi connectivity index (χ1n) is 18.1. The number of carbonyl (C=O) groups excluding carboxylic acids is 2. The van der Waals surface area contributed by atoms with Crippen LogP contribution in [0, 0.1) is 0 Å². The van der Waals surface area contributed by atoms with E-state index in [1.165, 1.54) is 0 Å². The minimum absolute atomic E-state index is 0.0159. The van der Waals surface area contributed by atoms with E-state index in [1.807, 2.05) is 12.2 Å². The Morgan fingerprint density at radius 3 is 1.67 bits per heavy atom. The van der Waals surface area contributed by atoms with Crippen LogP contribution >= 0.6 is 7.82 Å². The number of hydrogen-bond acceptors (Lipinski definition) is 12. The Bertz CT molecular complexity index is 1140. The van der Waals surface area contributed by atoms with Crippen LogP contribution in [0.4, 0.5) is 0 Å². The van der Waals surface area contributed by atoms with Crippen LogP contribution in [0.2, 0.25) is 0 Å². The molecule has 0 heterocycles. The Balaban J connectivity index is 2.56. The van der Waals surface area contributed by atoms with Gasteiger partial charge in [-0.15, -0.1) is 0 Å². The van der Waals surface area contributed by atoms with Gasteiger partial charge in [-0.2, -0.15) is 0 Å². The van der Waals surface area contributed by atoms with E-state index in [9.17, 15) is 44.6 Å². The quantitative estimate of drug-likeness (QED) is 0.0282. The Hall–Kier alpha value is -2.45. The van der Waals surface area contributed by atoms with Crippen molar-refractivity contribution in [2.45, 2.75) is 146 Å². The summed E-state index contributed by atoms with van der Waals surface area (Å²) in [5.74, 6) is -1.19. The fraction of sp³-hybridized carbons (Fsp3) is 0.676. The summed E-state index contributed by atoms with van der Waals surface area (Å²) in [5.41, 5.74) is 0. The smallest absolute Gasteiger partial charge is 0.462 e. The van der Waals surface area contributed by atoms with Gasteiger partial charge in [0, 0.05) is 12.8 Å². The molecule has 0 aromatic heterocycles. The maximum atomic E-state index is 12.7. The van der Waals surface area contributed by atoms with E-state index in [4.69, 9.17) is 18.5 Å². The van der Waals surface area contributed by atoms with Gasteiger partial charge < -0.3 is 39.9 Å². The number of aliphatic hydroxyl groups is 5. The van der Waals surface area contributed by atoms with Crippen molar-refractivity contribution in [3.63, 3.8) is 0 Å². The largest absolute Gasteiger partial charge is 0.472 e. The summed E-state index contributed by atoms with van der Waals surface area (Å²) in [6, 6.07) is 0. The molecule has 1 aliphatic rings. The van der Waals surface area contributed by atoms with Gasteiger partial charge in [0.05, 0.1) is 6.61 Å². The van der Waals surface area contributed by atoms with Gasteiger partial charge >= 0.3 is 19.8 Å². The van der Waals surface area contributed by atoms with Gasteiger partial charge in [0.1, 0.15) is 43.2 Å². The van der Waals surface area contributed by atoms with Crippen molar-refractivity contribution in [3.8, 4) is 0 Å². The van der Waals surface area contributed by atoms with E-state index in [1.54, 1.807) is 0 Å². The standard InChI is InChI=1S/C37H61O13P/c1-3-5-7-9-10-11-12-13-14-15-16-17-18-19-20-22-24-26-31(39)49-29(27-47-30(38)25-23-21-8-6-4-2)28-48-51(45,46)50-37-35(43)33(41)32(40)34(42)36(37)44/h5,7,10-11,13-14,16-17,19-20,29,32-37,40-44H,3-4,6,8-9,12,15,18,21-28H2,1-2H3,(H,45,46)/b7-5-,11-10-,14-13-,17-16-,20-19-. The number of phosphoric acid groups is 1. The second kappa shape index (κ2) is 28.1. The summed E-state index contributed by atoms with van der Waals surface area (Å²) in [4.78, 5) is 35.1. The molecule has 6 N–H and O–H groups in total. The highest BCUT2D eigenvalue weighted by atomic mass is 31.2. The van der Waals surface area contributed by atoms with Gasteiger partial charge in [-0.1, -0.05) is 100 Å². The lowest BCUT2D eigenvalue weighted by molar-refractivity contribution is -0.220. The van der Waals surface area contributed by atoms with Crippen molar-refractivity contribution in [3.05, 3.63) is 60.8 Å². The summed E-state index contributed by atoms with van der Waals surface area (Å²) < 4.78 is 33.0. The molecular formula is C37H61O13P. The molecule has 1 rings (SSSR count). The molecule has 1 saturated carbocycles. The lowest BCUT2D eigenvalue weighted by atomic mass is 9.85. The number of aliphatic hydroxyl groups excluding tert-OH is 5. The van der Waals surface area contributed by atoms with Crippen LogP contribution in [0.3, 0.4) is 0 Å². The average Bonchev–Trinajstić information content (AvgIpc) is 3.10. The van der Waals surface area contributed by atoms with E-state index in [2.05, 4.69) is 62.5 Å². The van der Waals surface area contributed by atoms with E-state index in [0.717, 1.165) is 57.8 Å². The zero-order valence-electron chi connectivity index (χ0n) is 30.1. The van der Waals surface area contributed by atoms with Gasteiger partial charge in [-0.3, -0.25) is 18.6 Å². The van der Waals surface area contributed by atoms with Gasteiger partial charge in [-0.25, -0.2) is 4.57 Å². The summed E-state index contributed by atoms with van der Waals surface area (Å²) in [5, 5.41) is 49.7. The topological polar surface area (TPSA) is 210 Å². The molecule has 0 aromatic carbocycles. The summed E-state index contributed by atoms with van der Waals surface area (Å²) in [6.45, 7) is 2.97. The Labute approximate surface area is 303 Å². The van der Waals surface area contributed by atoms with Crippen LogP contribution in [0.25, 0.3) is 0 Å². The van der Waals surface area contributed by atoms with Gasteiger partial charge in [0.25, 0.3) is 0 Å². The van der Waals surface area contributed by atoms with Crippen molar-refractivity contribution >= 4 is 19.8 Å². The molecule has 0 bridgehead atoms. The van der Waals surface area contributed by atoms with E-state index >= 15 is 0 Å². The van der Waals surface area contributed by atoms with E-state index < -0.39 is 75.7 Å². The maximum absolute atomic E-state index is 12.7. The lowest BCUT2D eigenvalue weighted by Gasteiger charge is -2.41. The van der Waals surface area contributed by atoms with Crippen molar-refractivity contribution in [1.82, 2.24) is 0 Å². The van der Waals surface area contributed by atoms with E-state index in [0.29, 0.717) is 19.3 Å².